The van der Waals surface area contributed by atoms with Gasteiger partial charge in [-0.25, -0.2) is 9.18 Å². The van der Waals surface area contributed by atoms with Crippen molar-refractivity contribution < 1.29 is 14.3 Å². The lowest BCUT2D eigenvalue weighted by Crippen LogP contribution is -2.32. The maximum atomic E-state index is 14.8. The second-order valence-corrected chi connectivity index (χ2v) is 9.80. The van der Waals surface area contributed by atoms with Crippen LogP contribution in [0.4, 0.5) is 20.6 Å². The van der Waals surface area contributed by atoms with Crippen molar-refractivity contribution in [3.05, 3.63) is 63.8 Å². The molecule has 3 N–H and O–H groups in total. The molecule has 3 heterocycles. The van der Waals surface area contributed by atoms with Crippen molar-refractivity contribution in [2.75, 3.05) is 43.0 Å². The molecule has 1 atom stereocenters. The van der Waals surface area contributed by atoms with Crippen LogP contribution >= 0.6 is 11.6 Å². The quantitative estimate of drug-likeness (QED) is 0.558. The summed E-state index contributed by atoms with van der Waals surface area (Å²) in [5.41, 5.74) is 8.36. The Morgan fingerprint density at radius 1 is 1.00 bits per heavy atom. The first-order valence-corrected chi connectivity index (χ1v) is 12.1. The average molecular weight is 512 g/mol. The van der Waals surface area contributed by atoms with Gasteiger partial charge in [-0.15, -0.1) is 0 Å². The number of aryl methyl sites for hydroxylation is 1. The molecule has 36 heavy (non-hydrogen) atoms. The molecule has 0 bridgehead atoms. The zero-order valence-corrected chi connectivity index (χ0v) is 20.8. The van der Waals surface area contributed by atoms with Gasteiger partial charge in [0, 0.05) is 69.2 Å². The predicted octanol–water partition coefficient (Wildman–Crippen LogP) is 3.63. The van der Waals surface area contributed by atoms with E-state index in [0.29, 0.717) is 53.7 Å². The Balaban J connectivity index is 1.56. The standard InChI is InChI=1S/C26H27ClFN5O3/c1-30-7-8-33(26(30)36)22-4-3-15(9-21(22)27)19-11-17(28)12-20(24(19)34)16-10-23(25(35)31(2)13-16)32-6-5-18(29)14-32/h3-4,9-13,18,34H,5-8,14,29H2,1-2H3/t18-/m0/s1. The zero-order chi connectivity index (χ0) is 25.7. The Hall–Kier alpha value is -3.56. The van der Waals surface area contributed by atoms with Crippen LogP contribution in [0, 0.1) is 5.82 Å². The topological polar surface area (TPSA) is 95.0 Å². The van der Waals surface area contributed by atoms with E-state index in [1.54, 1.807) is 54.4 Å². The number of hydrogen-bond donors (Lipinski definition) is 2. The molecule has 2 aromatic carbocycles. The third kappa shape index (κ3) is 4.18. The van der Waals surface area contributed by atoms with E-state index >= 15 is 0 Å². The van der Waals surface area contributed by atoms with Crippen LogP contribution in [0.25, 0.3) is 22.3 Å². The van der Waals surface area contributed by atoms with Crippen molar-refractivity contribution >= 4 is 29.0 Å². The van der Waals surface area contributed by atoms with Crippen molar-refractivity contribution in [1.82, 2.24) is 9.47 Å². The van der Waals surface area contributed by atoms with Gasteiger partial charge in [0.15, 0.2) is 0 Å². The summed E-state index contributed by atoms with van der Waals surface area (Å²) in [4.78, 5) is 30.3. The second kappa shape index (κ2) is 9.15. The number of hydrogen-bond acceptors (Lipinski definition) is 5. The maximum Gasteiger partial charge on any atom is 0.324 e. The minimum absolute atomic E-state index is 0.0171. The first kappa shape index (κ1) is 24.1. The van der Waals surface area contributed by atoms with E-state index < -0.39 is 5.82 Å². The Kier molecular flexibility index (Phi) is 6.13. The third-order valence-electron chi connectivity index (χ3n) is 6.88. The number of likely N-dealkylation sites (N-methyl/N-ethyl adjacent to an activating group) is 1. The van der Waals surface area contributed by atoms with E-state index in [2.05, 4.69) is 0 Å². The average Bonchev–Trinajstić information content (AvgIpc) is 3.42. The van der Waals surface area contributed by atoms with E-state index in [1.165, 1.54) is 16.7 Å². The zero-order valence-electron chi connectivity index (χ0n) is 20.0. The molecule has 5 rings (SSSR count). The molecule has 3 aromatic rings. The molecule has 0 aliphatic carbocycles. The number of benzene rings is 2. The molecule has 0 radical (unpaired) electrons. The molecule has 1 aromatic heterocycles. The summed E-state index contributed by atoms with van der Waals surface area (Å²) in [5.74, 6) is -0.687. The summed E-state index contributed by atoms with van der Waals surface area (Å²) >= 11 is 6.52. The van der Waals surface area contributed by atoms with Crippen LogP contribution in [0.3, 0.4) is 0 Å². The summed E-state index contributed by atoms with van der Waals surface area (Å²) in [7, 11) is 3.35. The fourth-order valence-electron chi connectivity index (χ4n) is 4.88. The largest absolute Gasteiger partial charge is 0.507 e. The summed E-state index contributed by atoms with van der Waals surface area (Å²) in [6.45, 7) is 2.32. The number of nitrogens with zero attached hydrogens (tertiary/aromatic N) is 4. The number of aromatic hydroxyl groups is 1. The van der Waals surface area contributed by atoms with E-state index in [0.717, 1.165) is 6.42 Å². The summed E-state index contributed by atoms with van der Waals surface area (Å²) < 4.78 is 16.3. The van der Waals surface area contributed by atoms with Crippen LogP contribution in [0.2, 0.25) is 5.02 Å². The fourth-order valence-corrected chi connectivity index (χ4v) is 5.16. The molecular weight excluding hydrogens is 485 g/mol. The second-order valence-electron chi connectivity index (χ2n) is 9.40. The Labute approximate surface area is 212 Å². The van der Waals surface area contributed by atoms with Crippen molar-refractivity contribution in [2.45, 2.75) is 12.5 Å². The number of halogens is 2. The van der Waals surface area contributed by atoms with Crippen LogP contribution < -0.4 is 21.1 Å². The van der Waals surface area contributed by atoms with E-state index in [-0.39, 0.29) is 34.5 Å². The minimum atomic E-state index is -0.548. The van der Waals surface area contributed by atoms with E-state index in [9.17, 15) is 19.1 Å². The summed E-state index contributed by atoms with van der Waals surface area (Å²) in [6, 6.07) is 8.99. The number of aromatic nitrogens is 1. The highest BCUT2D eigenvalue weighted by atomic mass is 35.5. The molecule has 2 fully saturated rings. The van der Waals surface area contributed by atoms with Gasteiger partial charge in [0.25, 0.3) is 5.56 Å². The first-order chi connectivity index (χ1) is 17.1. The van der Waals surface area contributed by atoms with Gasteiger partial charge in [0.2, 0.25) is 0 Å². The lowest BCUT2D eigenvalue weighted by Gasteiger charge is -2.20. The van der Waals surface area contributed by atoms with Crippen LogP contribution in [0.1, 0.15) is 6.42 Å². The van der Waals surface area contributed by atoms with Gasteiger partial charge < -0.3 is 25.2 Å². The predicted molar refractivity (Wildman–Crippen MR) is 139 cm³/mol. The lowest BCUT2D eigenvalue weighted by atomic mass is 9.97. The van der Waals surface area contributed by atoms with Crippen LogP contribution in [0.15, 0.2) is 47.4 Å². The van der Waals surface area contributed by atoms with E-state index in [4.69, 9.17) is 17.3 Å². The highest BCUT2D eigenvalue weighted by Crippen LogP contribution is 2.41. The smallest absolute Gasteiger partial charge is 0.324 e. The lowest BCUT2D eigenvalue weighted by molar-refractivity contribution is 0.229. The van der Waals surface area contributed by atoms with Gasteiger partial charge in [-0.05, 0) is 42.3 Å². The van der Waals surface area contributed by atoms with Crippen molar-refractivity contribution in [2.24, 2.45) is 12.8 Å². The number of phenols is 1. The molecule has 8 nitrogen and oxygen atoms in total. The van der Waals surface area contributed by atoms with Crippen LogP contribution in [0.5, 0.6) is 5.75 Å². The monoisotopic (exact) mass is 511 g/mol. The van der Waals surface area contributed by atoms with Crippen molar-refractivity contribution in [1.29, 1.82) is 0 Å². The summed E-state index contributed by atoms with van der Waals surface area (Å²) in [6.07, 6.45) is 2.35. The minimum Gasteiger partial charge on any atom is -0.507 e. The fraction of sp³-hybridized carbons (Fsp3) is 0.308. The maximum absolute atomic E-state index is 14.8. The molecule has 2 saturated heterocycles. The molecule has 2 amide bonds. The number of urea groups is 1. The molecule has 2 aliphatic heterocycles. The Bertz CT molecular complexity index is 1430. The highest BCUT2D eigenvalue weighted by Gasteiger charge is 2.28. The van der Waals surface area contributed by atoms with E-state index in [1.807, 2.05) is 4.90 Å². The van der Waals surface area contributed by atoms with Crippen LogP contribution in [-0.2, 0) is 7.05 Å². The van der Waals surface area contributed by atoms with Gasteiger partial charge in [-0.3, -0.25) is 9.69 Å². The highest BCUT2D eigenvalue weighted by molar-refractivity contribution is 6.34. The van der Waals surface area contributed by atoms with Gasteiger partial charge >= 0.3 is 6.03 Å². The number of phenolic OH excluding ortho intramolecular Hbond substituents is 1. The number of anilines is 2. The molecule has 0 unspecified atom stereocenters. The van der Waals surface area contributed by atoms with Crippen molar-refractivity contribution in [3.63, 3.8) is 0 Å². The Morgan fingerprint density at radius 2 is 1.72 bits per heavy atom. The number of nitrogens with two attached hydrogens (primary N) is 1. The Morgan fingerprint density at radius 3 is 2.33 bits per heavy atom. The van der Waals surface area contributed by atoms with Gasteiger partial charge in [0.1, 0.15) is 17.3 Å². The third-order valence-corrected chi connectivity index (χ3v) is 7.18. The molecule has 2 aliphatic rings. The molecular formula is C26H27ClFN5O3. The van der Waals surface area contributed by atoms with Gasteiger partial charge in [-0.2, -0.15) is 0 Å². The normalized spacial score (nSPS) is 18.0. The SMILES string of the molecule is CN1CCN(c2ccc(-c3cc(F)cc(-c4cc(N5CC[C@H](N)C5)c(=O)n(C)c4)c3O)cc2Cl)C1=O. The first-order valence-electron chi connectivity index (χ1n) is 11.7. The number of rotatable bonds is 4. The number of amides is 2. The summed E-state index contributed by atoms with van der Waals surface area (Å²) in [5, 5.41) is 11.5. The van der Waals surface area contributed by atoms with Crippen LogP contribution in [-0.4, -0.2) is 59.9 Å². The van der Waals surface area contributed by atoms with Crippen molar-refractivity contribution in [3.8, 4) is 28.0 Å². The van der Waals surface area contributed by atoms with Gasteiger partial charge in [-0.1, -0.05) is 17.7 Å². The molecule has 10 heteroatoms. The number of carbonyl (C=O) groups is 1. The molecule has 0 saturated carbocycles. The number of carbonyl (C=O) groups excluding carboxylic acids is 1. The number of pyridine rings is 1. The van der Waals surface area contributed by atoms with Gasteiger partial charge in [0.05, 0.1) is 10.7 Å². The molecule has 188 valence electrons. The molecule has 0 spiro atoms.